The summed E-state index contributed by atoms with van der Waals surface area (Å²) in [7, 11) is 1.63. The third kappa shape index (κ3) is 3.11. The second-order valence-electron chi connectivity index (χ2n) is 6.38. The summed E-state index contributed by atoms with van der Waals surface area (Å²) >= 11 is 0. The Kier molecular flexibility index (Phi) is 4.81. The molecule has 1 aliphatic heterocycles. The molecule has 27 heavy (non-hydrogen) atoms. The molecule has 2 aromatic heterocycles. The van der Waals surface area contributed by atoms with Gasteiger partial charge in [0.2, 0.25) is 5.43 Å². The minimum Gasteiger partial charge on any atom is -0.477 e. The summed E-state index contributed by atoms with van der Waals surface area (Å²) in [5, 5.41) is 13.0. The fourth-order valence-corrected chi connectivity index (χ4v) is 3.37. The van der Waals surface area contributed by atoms with E-state index in [0.717, 1.165) is 13.1 Å². The Hall–Kier alpha value is -3.04. The summed E-state index contributed by atoms with van der Waals surface area (Å²) in [6, 6.07) is 4.55. The number of hydrogen-bond donors (Lipinski definition) is 2. The number of aromatic nitrogens is 2. The average molecular weight is 374 g/mol. The van der Waals surface area contributed by atoms with E-state index in [4.69, 9.17) is 0 Å². The molecule has 142 valence electrons. The first kappa shape index (κ1) is 18.7. The van der Waals surface area contributed by atoms with Gasteiger partial charge in [0.1, 0.15) is 17.0 Å². The van der Waals surface area contributed by atoms with E-state index >= 15 is 0 Å². The molecule has 1 aromatic carbocycles. The molecule has 0 unspecified atom stereocenters. The lowest BCUT2D eigenvalue weighted by Gasteiger charge is -2.29. The minimum absolute atomic E-state index is 0. The van der Waals surface area contributed by atoms with Gasteiger partial charge in [-0.2, -0.15) is 0 Å². The van der Waals surface area contributed by atoms with Gasteiger partial charge in [-0.05, 0) is 18.2 Å². The monoisotopic (exact) mass is 374 g/mol. The van der Waals surface area contributed by atoms with Crippen molar-refractivity contribution in [1.29, 1.82) is 0 Å². The number of piperazine rings is 1. The molecule has 0 atom stereocenters. The molecule has 0 aliphatic carbocycles. The van der Waals surface area contributed by atoms with Gasteiger partial charge in [-0.15, -0.1) is 0 Å². The molecular formula is C18H19FN4O4. The number of nitrogens with one attached hydrogen (secondary N) is 1. The molecule has 8 nitrogen and oxygen atoms in total. The zero-order valence-electron chi connectivity index (χ0n) is 14.6. The second-order valence-corrected chi connectivity index (χ2v) is 6.38. The van der Waals surface area contributed by atoms with Crippen molar-refractivity contribution in [3.8, 4) is 0 Å². The predicted octanol–water partition coefficient (Wildman–Crippen LogP) is 0.509. The molecule has 0 spiro atoms. The van der Waals surface area contributed by atoms with Crippen LogP contribution >= 0.6 is 0 Å². The number of aromatic carboxylic acids is 1. The van der Waals surface area contributed by atoms with Crippen molar-refractivity contribution in [2.45, 2.75) is 0 Å². The number of anilines is 1. The number of hydrogen-bond acceptors (Lipinski definition) is 5. The fraction of sp³-hybridized carbons (Fsp3) is 0.278. The zero-order chi connectivity index (χ0) is 18.4. The summed E-state index contributed by atoms with van der Waals surface area (Å²) in [5.74, 6) is -1.68. The standard InChI is InChI=1S/C18H17FN4O3.H2O/c1-22-9-12(18(25)26)16(24)11-6-10-7-13(19)15(8-14(10)21-17(11)22)23-4-2-20-3-5-23;/h6-9,20H,2-5H2,1H3,(H,25,26);1H2. The van der Waals surface area contributed by atoms with Crippen LogP contribution in [-0.4, -0.2) is 52.3 Å². The summed E-state index contributed by atoms with van der Waals surface area (Å²) in [5.41, 5.74) is 0.458. The molecule has 4 rings (SSSR count). The number of nitrogens with zero attached hydrogens (tertiary/aromatic N) is 3. The van der Waals surface area contributed by atoms with E-state index in [1.165, 1.54) is 22.9 Å². The SMILES string of the molecule is Cn1cc(C(=O)O)c(=O)c2cc3cc(F)c(N4CCNCC4)cc3nc21.O. The van der Waals surface area contributed by atoms with E-state index in [9.17, 15) is 19.1 Å². The number of carboxylic acids is 1. The van der Waals surface area contributed by atoms with Gasteiger partial charge in [-0.3, -0.25) is 4.79 Å². The first-order valence-electron chi connectivity index (χ1n) is 8.28. The maximum absolute atomic E-state index is 14.6. The van der Waals surface area contributed by atoms with E-state index in [2.05, 4.69) is 10.3 Å². The van der Waals surface area contributed by atoms with Crippen LogP contribution in [0.5, 0.6) is 0 Å². The summed E-state index contributed by atoms with van der Waals surface area (Å²) in [6.07, 6.45) is 1.26. The Morgan fingerprint density at radius 2 is 1.96 bits per heavy atom. The number of carbonyl (C=O) groups is 1. The first-order valence-corrected chi connectivity index (χ1v) is 8.28. The highest BCUT2D eigenvalue weighted by Gasteiger charge is 2.18. The Labute approximate surface area is 153 Å². The lowest BCUT2D eigenvalue weighted by molar-refractivity contribution is 0.0695. The maximum atomic E-state index is 14.6. The summed E-state index contributed by atoms with van der Waals surface area (Å²) < 4.78 is 16.1. The van der Waals surface area contributed by atoms with Crippen LogP contribution in [0, 0.1) is 5.82 Å². The summed E-state index contributed by atoms with van der Waals surface area (Å²) in [4.78, 5) is 30.1. The highest BCUT2D eigenvalue weighted by molar-refractivity contribution is 5.96. The fourth-order valence-electron chi connectivity index (χ4n) is 3.37. The number of pyridine rings is 2. The van der Waals surface area contributed by atoms with Gasteiger partial charge in [0.15, 0.2) is 0 Å². The third-order valence-corrected chi connectivity index (χ3v) is 4.70. The molecule has 1 saturated heterocycles. The van der Waals surface area contributed by atoms with E-state index in [0.29, 0.717) is 35.3 Å². The Morgan fingerprint density at radius 3 is 2.63 bits per heavy atom. The van der Waals surface area contributed by atoms with Crippen molar-refractivity contribution >= 4 is 33.6 Å². The smallest absolute Gasteiger partial charge is 0.341 e. The van der Waals surface area contributed by atoms with Gasteiger partial charge >= 0.3 is 5.97 Å². The van der Waals surface area contributed by atoms with Crippen molar-refractivity contribution in [2.24, 2.45) is 7.05 Å². The molecule has 1 fully saturated rings. The highest BCUT2D eigenvalue weighted by Crippen LogP contribution is 2.27. The van der Waals surface area contributed by atoms with Gasteiger partial charge in [-0.25, -0.2) is 14.2 Å². The number of rotatable bonds is 2. The maximum Gasteiger partial charge on any atom is 0.341 e. The van der Waals surface area contributed by atoms with Crippen molar-refractivity contribution in [3.05, 3.63) is 46.0 Å². The molecule has 3 aromatic rings. The van der Waals surface area contributed by atoms with Gasteiger partial charge in [-0.1, -0.05) is 0 Å². The number of halogens is 1. The van der Waals surface area contributed by atoms with Crippen molar-refractivity contribution in [3.63, 3.8) is 0 Å². The third-order valence-electron chi connectivity index (χ3n) is 4.70. The molecule has 0 saturated carbocycles. The van der Waals surface area contributed by atoms with Crippen LogP contribution in [0.1, 0.15) is 10.4 Å². The van der Waals surface area contributed by atoms with E-state index in [1.54, 1.807) is 13.1 Å². The molecule has 4 N–H and O–H groups in total. The van der Waals surface area contributed by atoms with Crippen molar-refractivity contribution in [2.75, 3.05) is 31.1 Å². The molecule has 1 aliphatic rings. The second kappa shape index (κ2) is 6.93. The average Bonchev–Trinajstić information content (AvgIpc) is 2.63. The Bertz CT molecular complexity index is 1110. The van der Waals surface area contributed by atoms with Gasteiger partial charge in [0, 0.05) is 44.8 Å². The van der Waals surface area contributed by atoms with Gasteiger partial charge < -0.3 is 25.4 Å². The molecule has 0 bridgehead atoms. The quantitative estimate of drug-likeness (QED) is 0.631. The number of benzene rings is 1. The van der Waals surface area contributed by atoms with Gasteiger partial charge in [0.25, 0.3) is 0 Å². The van der Waals surface area contributed by atoms with Crippen LogP contribution in [0.25, 0.3) is 21.9 Å². The van der Waals surface area contributed by atoms with Crippen molar-refractivity contribution < 1.29 is 19.8 Å². The minimum atomic E-state index is -1.30. The summed E-state index contributed by atoms with van der Waals surface area (Å²) in [6.45, 7) is 2.98. The molecule has 0 radical (unpaired) electrons. The molecule has 9 heteroatoms. The van der Waals surface area contributed by atoms with Gasteiger partial charge in [0.05, 0.1) is 16.6 Å². The predicted molar refractivity (Wildman–Crippen MR) is 100 cm³/mol. The lowest BCUT2D eigenvalue weighted by Crippen LogP contribution is -2.43. The number of aryl methyl sites for hydroxylation is 1. The Balaban J connectivity index is 0.00000210. The van der Waals surface area contributed by atoms with Crippen LogP contribution in [0.15, 0.2) is 29.2 Å². The number of fused-ring (bicyclic) bond motifs is 2. The van der Waals surface area contributed by atoms with Crippen LogP contribution in [0.2, 0.25) is 0 Å². The van der Waals surface area contributed by atoms with Crippen LogP contribution < -0.4 is 15.6 Å². The van der Waals surface area contributed by atoms with Crippen LogP contribution in [-0.2, 0) is 7.05 Å². The largest absolute Gasteiger partial charge is 0.477 e. The first-order chi connectivity index (χ1) is 12.5. The van der Waals surface area contributed by atoms with E-state index in [-0.39, 0.29) is 22.2 Å². The van der Waals surface area contributed by atoms with Crippen LogP contribution in [0.4, 0.5) is 10.1 Å². The molecule has 0 amide bonds. The molecule has 3 heterocycles. The highest BCUT2D eigenvalue weighted by atomic mass is 19.1. The lowest BCUT2D eigenvalue weighted by atomic mass is 10.1. The van der Waals surface area contributed by atoms with Crippen LogP contribution in [0.3, 0.4) is 0 Å². The van der Waals surface area contributed by atoms with Crippen molar-refractivity contribution in [1.82, 2.24) is 14.9 Å². The molecular weight excluding hydrogens is 355 g/mol. The Morgan fingerprint density at radius 1 is 1.26 bits per heavy atom. The zero-order valence-corrected chi connectivity index (χ0v) is 14.6. The van der Waals surface area contributed by atoms with E-state index < -0.39 is 11.4 Å². The topological polar surface area (TPSA) is 119 Å². The number of carboxylic acid groups (broad SMARTS) is 1. The van der Waals surface area contributed by atoms with E-state index in [1.807, 2.05) is 4.90 Å². The normalized spacial score (nSPS) is 14.4.